The molecule has 0 unspecified atom stereocenters. The number of hydrogen-bond donors (Lipinski definition) is 5. The van der Waals surface area contributed by atoms with Crippen LogP contribution in [-0.2, 0) is 4.79 Å². The van der Waals surface area contributed by atoms with E-state index in [9.17, 15) is 27.9 Å². The molecule has 0 aromatic heterocycles. The first kappa shape index (κ1) is 23.8. The van der Waals surface area contributed by atoms with E-state index >= 15 is 0 Å². The monoisotopic (exact) mass is 460 g/mol. The van der Waals surface area contributed by atoms with Crippen molar-refractivity contribution in [2.24, 2.45) is 11.1 Å². The highest BCUT2D eigenvalue weighted by Crippen LogP contribution is 2.40. The first-order valence-corrected chi connectivity index (χ1v) is 9.96. The number of benzene rings is 2. The van der Waals surface area contributed by atoms with Crippen LogP contribution >= 0.6 is 0 Å². The summed E-state index contributed by atoms with van der Waals surface area (Å²) in [5.74, 6) is -1.44. The van der Waals surface area contributed by atoms with Gasteiger partial charge in [-0.3, -0.25) is 15.0 Å². The molecule has 0 aliphatic heterocycles. The normalized spacial score (nSPS) is 15.8. The summed E-state index contributed by atoms with van der Waals surface area (Å²) < 4.78 is 39.8. The number of halogens is 3. The van der Waals surface area contributed by atoms with Gasteiger partial charge in [0.15, 0.2) is 5.78 Å². The zero-order chi connectivity index (χ0) is 24.6. The van der Waals surface area contributed by atoms with Gasteiger partial charge in [-0.1, -0.05) is 13.8 Å². The van der Waals surface area contributed by atoms with Crippen molar-refractivity contribution in [1.82, 2.24) is 0 Å². The number of ketones is 1. The van der Waals surface area contributed by atoms with Gasteiger partial charge in [-0.2, -0.15) is 13.2 Å². The third-order valence-electron chi connectivity index (χ3n) is 5.14. The molecule has 2 aromatic carbocycles. The Balaban J connectivity index is 2.04. The molecule has 1 aliphatic rings. The summed E-state index contributed by atoms with van der Waals surface area (Å²) in [6, 6.07) is 10.3. The summed E-state index contributed by atoms with van der Waals surface area (Å²) in [4.78, 5) is 24.4. The molecule has 0 saturated heterocycles. The average Bonchev–Trinajstić information content (AvgIpc) is 2.67. The number of anilines is 3. The van der Waals surface area contributed by atoms with Crippen LogP contribution in [0.2, 0.25) is 0 Å². The van der Waals surface area contributed by atoms with Crippen molar-refractivity contribution >= 4 is 34.5 Å². The lowest BCUT2D eigenvalue weighted by Gasteiger charge is -2.33. The number of aromatic hydroxyl groups is 1. The molecule has 0 heterocycles. The topological polar surface area (TPSA) is 128 Å². The van der Waals surface area contributed by atoms with E-state index in [0.29, 0.717) is 11.4 Å². The fourth-order valence-corrected chi connectivity index (χ4v) is 3.67. The number of alkyl halides is 3. The van der Waals surface area contributed by atoms with Crippen molar-refractivity contribution in [3.8, 4) is 5.75 Å². The number of phenolic OH excluding ortho intramolecular Hbond substituents is 1. The first-order chi connectivity index (χ1) is 15.3. The highest BCUT2D eigenvalue weighted by Gasteiger charge is 2.44. The Morgan fingerprint density at radius 3 is 2.24 bits per heavy atom. The van der Waals surface area contributed by atoms with Gasteiger partial charge in [0.05, 0.1) is 16.8 Å². The highest BCUT2D eigenvalue weighted by molar-refractivity contribution is 6.24. The fourth-order valence-electron chi connectivity index (χ4n) is 3.67. The molecule has 0 atom stereocenters. The molecule has 1 aliphatic carbocycles. The Labute approximate surface area is 188 Å². The maximum Gasteiger partial charge on any atom is 0.433 e. The summed E-state index contributed by atoms with van der Waals surface area (Å²) in [7, 11) is 0. The number of amides is 1. The van der Waals surface area contributed by atoms with Crippen LogP contribution in [0.25, 0.3) is 0 Å². The summed E-state index contributed by atoms with van der Waals surface area (Å²) in [6.45, 7) is 3.52. The van der Waals surface area contributed by atoms with E-state index in [1.165, 1.54) is 30.3 Å². The number of primary amides is 1. The Hall–Kier alpha value is -3.82. The fraction of sp³-hybridized carbons (Fsp3) is 0.261. The Bertz CT molecular complexity index is 1150. The number of hydrogen-bond acceptors (Lipinski definition) is 6. The molecule has 0 bridgehead atoms. The third kappa shape index (κ3) is 5.51. The molecule has 0 spiro atoms. The minimum atomic E-state index is -4.97. The van der Waals surface area contributed by atoms with E-state index in [-0.39, 0.29) is 35.5 Å². The molecule has 174 valence electrons. The number of rotatable bonds is 6. The molecule has 33 heavy (non-hydrogen) atoms. The molecule has 1 amide bonds. The third-order valence-corrected chi connectivity index (χ3v) is 5.14. The second kappa shape index (κ2) is 8.61. The second-order valence-electron chi connectivity index (χ2n) is 8.59. The Morgan fingerprint density at radius 1 is 1.06 bits per heavy atom. The molecule has 10 heteroatoms. The standard InChI is InChI=1S/C23H23F3N4O3/c1-22(2)10-17(19(18(32)11-22)20(27)23(24,25)26)30-13-5-8-15(21(28)33)16(9-13)29-12-3-6-14(31)7-4-12/h3-9,27,29-31H,10-11H2,1-2H3,(H2,28,33). The van der Waals surface area contributed by atoms with Crippen LogP contribution in [0.4, 0.5) is 30.2 Å². The van der Waals surface area contributed by atoms with Crippen molar-refractivity contribution in [2.45, 2.75) is 32.9 Å². The number of carbonyl (C=O) groups excluding carboxylic acids is 2. The number of nitrogens with one attached hydrogen (secondary N) is 3. The summed E-state index contributed by atoms with van der Waals surface area (Å²) in [5, 5.41) is 22.8. The van der Waals surface area contributed by atoms with Gasteiger partial charge in [-0.15, -0.1) is 0 Å². The molecule has 2 aromatic rings. The van der Waals surface area contributed by atoms with Gasteiger partial charge >= 0.3 is 6.18 Å². The van der Waals surface area contributed by atoms with Crippen LogP contribution in [-0.4, -0.2) is 28.7 Å². The minimum Gasteiger partial charge on any atom is -0.508 e. The van der Waals surface area contributed by atoms with E-state index in [1.807, 2.05) is 0 Å². The SMILES string of the molecule is CC1(C)CC(=O)C(C(=N)C(F)(F)F)=C(Nc2ccc(C(N)=O)c(Nc3ccc(O)cc3)c2)C1. The van der Waals surface area contributed by atoms with E-state index < -0.39 is 34.6 Å². The van der Waals surface area contributed by atoms with Crippen molar-refractivity contribution in [2.75, 3.05) is 10.6 Å². The maximum atomic E-state index is 13.3. The van der Waals surface area contributed by atoms with Crippen molar-refractivity contribution < 1.29 is 27.9 Å². The van der Waals surface area contributed by atoms with Crippen molar-refractivity contribution in [3.63, 3.8) is 0 Å². The van der Waals surface area contributed by atoms with E-state index in [2.05, 4.69) is 10.6 Å². The zero-order valence-corrected chi connectivity index (χ0v) is 17.9. The van der Waals surface area contributed by atoms with E-state index in [1.54, 1.807) is 26.0 Å². The first-order valence-electron chi connectivity index (χ1n) is 9.96. The number of carbonyl (C=O) groups is 2. The lowest BCUT2D eigenvalue weighted by molar-refractivity contribution is -0.118. The average molecular weight is 460 g/mol. The molecule has 0 saturated carbocycles. The van der Waals surface area contributed by atoms with Crippen LogP contribution in [0.5, 0.6) is 5.75 Å². The van der Waals surface area contributed by atoms with E-state index in [0.717, 1.165) is 0 Å². The number of allylic oxidation sites excluding steroid dienone is 2. The van der Waals surface area contributed by atoms with Gasteiger partial charge in [0, 0.05) is 23.5 Å². The molecular weight excluding hydrogens is 437 g/mol. The number of Topliss-reactive ketones (excluding diaryl/α,β-unsaturated/α-hetero) is 1. The van der Waals surface area contributed by atoms with Gasteiger partial charge in [0.2, 0.25) is 0 Å². The molecule has 6 N–H and O–H groups in total. The molecule has 0 fully saturated rings. The smallest absolute Gasteiger partial charge is 0.433 e. The summed E-state index contributed by atoms with van der Waals surface area (Å²) in [6.07, 6.45) is -4.97. The second-order valence-corrected chi connectivity index (χ2v) is 8.59. The molecular formula is C23H23F3N4O3. The Morgan fingerprint density at radius 2 is 1.67 bits per heavy atom. The lowest BCUT2D eigenvalue weighted by atomic mass is 9.74. The predicted molar refractivity (Wildman–Crippen MR) is 119 cm³/mol. The Kier molecular flexibility index (Phi) is 6.22. The van der Waals surface area contributed by atoms with Crippen LogP contribution in [0.1, 0.15) is 37.0 Å². The van der Waals surface area contributed by atoms with E-state index in [4.69, 9.17) is 11.1 Å². The van der Waals surface area contributed by atoms with Gasteiger partial charge in [0.1, 0.15) is 11.5 Å². The zero-order valence-electron chi connectivity index (χ0n) is 17.9. The van der Waals surface area contributed by atoms with Gasteiger partial charge in [-0.25, -0.2) is 0 Å². The van der Waals surface area contributed by atoms with Crippen LogP contribution in [0.3, 0.4) is 0 Å². The van der Waals surface area contributed by atoms with Gasteiger partial charge < -0.3 is 21.5 Å². The van der Waals surface area contributed by atoms with Gasteiger partial charge in [0.25, 0.3) is 5.91 Å². The number of phenols is 1. The quantitative estimate of drug-likeness (QED) is 0.310. The van der Waals surface area contributed by atoms with Crippen LogP contribution in [0.15, 0.2) is 53.7 Å². The minimum absolute atomic E-state index is 0.0130. The summed E-state index contributed by atoms with van der Waals surface area (Å²) >= 11 is 0. The molecule has 0 radical (unpaired) electrons. The molecule has 3 rings (SSSR count). The predicted octanol–water partition coefficient (Wildman–Crippen LogP) is 4.87. The largest absolute Gasteiger partial charge is 0.508 e. The maximum absolute atomic E-state index is 13.3. The van der Waals surface area contributed by atoms with Crippen LogP contribution < -0.4 is 16.4 Å². The van der Waals surface area contributed by atoms with Gasteiger partial charge in [-0.05, 0) is 54.3 Å². The van der Waals surface area contributed by atoms with Crippen LogP contribution in [0, 0.1) is 10.8 Å². The lowest BCUT2D eigenvalue weighted by Crippen LogP contribution is -2.36. The van der Waals surface area contributed by atoms with Crippen molar-refractivity contribution in [1.29, 1.82) is 5.41 Å². The highest BCUT2D eigenvalue weighted by atomic mass is 19.4. The molecule has 7 nitrogen and oxygen atoms in total. The summed E-state index contributed by atoms with van der Waals surface area (Å²) in [5.41, 5.74) is 3.68. The number of nitrogens with two attached hydrogens (primary N) is 1. The van der Waals surface area contributed by atoms with Crippen molar-refractivity contribution in [3.05, 3.63) is 59.3 Å².